The zero-order valence-corrected chi connectivity index (χ0v) is 10.5. The minimum absolute atomic E-state index is 0.111. The predicted molar refractivity (Wildman–Crippen MR) is 67.2 cm³/mol. The molecule has 4 nitrogen and oxygen atoms in total. The van der Waals surface area contributed by atoms with Gasteiger partial charge in [0.1, 0.15) is 0 Å². The predicted octanol–water partition coefficient (Wildman–Crippen LogP) is 0.582. The van der Waals surface area contributed by atoms with E-state index in [4.69, 9.17) is 6.42 Å². The lowest BCUT2D eigenvalue weighted by Gasteiger charge is -2.38. The summed E-state index contributed by atoms with van der Waals surface area (Å²) in [6.45, 7) is 1.44. The smallest absolute Gasteiger partial charge is 0.231 e. The van der Waals surface area contributed by atoms with Crippen molar-refractivity contribution in [2.75, 3.05) is 18.8 Å². The van der Waals surface area contributed by atoms with E-state index < -0.39 is 0 Å². The molecule has 0 atom stereocenters. The van der Waals surface area contributed by atoms with E-state index in [1.54, 1.807) is 11.8 Å². The maximum Gasteiger partial charge on any atom is 0.231 e. The fourth-order valence-corrected chi connectivity index (χ4v) is 3.39. The molecule has 1 spiro atoms. The number of hydrogen-bond donors (Lipinski definition) is 1. The van der Waals surface area contributed by atoms with Crippen LogP contribution in [0.15, 0.2) is 0 Å². The van der Waals surface area contributed by atoms with Gasteiger partial charge in [-0.3, -0.25) is 9.59 Å². The highest BCUT2D eigenvalue weighted by Crippen LogP contribution is 2.37. The van der Waals surface area contributed by atoms with E-state index in [1.807, 2.05) is 4.90 Å². The van der Waals surface area contributed by atoms with Gasteiger partial charge in [0, 0.05) is 25.9 Å². The molecule has 2 fully saturated rings. The zero-order chi connectivity index (χ0) is 12.3. The first-order chi connectivity index (χ1) is 8.15. The maximum absolute atomic E-state index is 11.8. The molecule has 0 unspecified atom stereocenters. The Balaban J connectivity index is 1.84. The van der Waals surface area contributed by atoms with Crippen molar-refractivity contribution < 1.29 is 9.59 Å². The van der Waals surface area contributed by atoms with Crippen molar-refractivity contribution in [3.63, 3.8) is 0 Å². The molecule has 2 aliphatic rings. The lowest BCUT2D eigenvalue weighted by atomic mass is 10.0. The van der Waals surface area contributed by atoms with Crippen LogP contribution in [0.4, 0.5) is 0 Å². The second-order valence-electron chi connectivity index (χ2n) is 4.42. The highest BCUT2D eigenvalue weighted by Gasteiger charge is 2.41. The molecule has 0 bridgehead atoms. The van der Waals surface area contributed by atoms with Gasteiger partial charge in [-0.15, -0.1) is 24.1 Å². The summed E-state index contributed by atoms with van der Waals surface area (Å²) in [4.78, 5) is 24.7. The van der Waals surface area contributed by atoms with E-state index in [-0.39, 0.29) is 16.7 Å². The van der Waals surface area contributed by atoms with Gasteiger partial charge in [-0.1, -0.05) is 0 Å². The molecule has 2 aliphatic heterocycles. The number of rotatable bonds is 2. The molecule has 2 amide bonds. The Hall–Kier alpha value is -1.15. The molecule has 17 heavy (non-hydrogen) atoms. The van der Waals surface area contributed by atoms with Crippen LogP contribution < -0.4 is 5.32 Å². The number of piperidine rings is 1. The van der Waals surface area contributed by atoms with Gasteiger partial charge >= 0.3 is 0 Å². The topological polar surface area (TPSA) is 49.4 Å². The molecule has 2 saturated heterocycles. The fourth-order valence-electron chi connectivity index (χ4n) is 2.25. The van der Waals surface area contributed by atoms with Crippen LogP contribution in [-0.2, 0) is 9.59 Å². The lowest BCUT2D eigenvalue weighted by Crippen LogP contribution is -2.50. The molecule has 92 valence electrons. The Morgan fingerprint density at radius 3 is 2.76 bits per heavy atom. The standard InChI is InChI=1S/C12H16N2O2S/c1-2-3-4-11(16)14-7-5-12(6-8-14)13-10(15)9-17-12/h1H,3-9H2,(H,13,15). The number of carbonyl (C=O) groups is 2. The first-order valence-corrected chi connectivity index (χ1v) is 6.80. The maximum atomic E-state index is 11.8. The summed E-state index contributed by atoms with van der Waals surface area (Å²) in [5, 5.41) is 3.03. The van der Waals surface area contributed by atoms with Crippen LogP contribution >= 0.6 is 11.8 Å². The van der Waals surface area contributed by atoms with E-state index >= 15 is 0 Å². The number of nitrogens with one attached hydrogen (secondary N) is 1. The Labute approximate surface area is 105 Å². The highest BCUT2D eigenvalue weighted by molar-refractivity contribution is 8.01. The van der Waals surface area contributed by atoms with E-state index in [9.17, 15) is 9.59 Å². The summed E-state index contributed by atoms with van der Waals surface area (Å²) in [7, 11) is 0. The monoisotopic (exact) mass is 252 g/mol. The van der Waals surface area contributed by atoms with Crippen LogP contribution in [0.3, 0.4) is 0 Å². The van der Waals surface area contributed by atoms with E-state index in [0.29, 0.717) is 18.6 Å². The molecule has 0 aliphatic carbocycles. The summed E-state index contributed by atoms with van der Waals surface area (Å²) in [5.41, 5.74) is 0. The largest absolute Gasteiger partial charge is 0.342 e. The third kappa shape index (κ3) is 2.75. The van der Waals surface area contributed by atoms with Crippen LogP contribution in [0.1, 0.15) is 25.7 Å². The first-order valence-electron chi connectivity index (χ1n) is 5.81. The molecular formula is C12H16N2O2S. The van der Waals surface area contributed by atoms with Crippen molar-refractivity contribution in [3.05, 3.63) is 0 Å². The molecule has 2 rings (SSSR count). The second kappa shape index (κ2) is 5.01. The molecule has 0 aromatic rings. The summed E-state index contributed by atoms with van der Waals surface area (Å²) >= 11 is 1.67. The average Bonchev–Trinajstić information content (AvgIpc) is 2.68. The number of hydrogen-bond acceptors (Lipinski definition) is 3. The van der Waals surface area contributed by atoms with Gasteiger partial charge in [-0.05, 0) is 12.8 Å². The van der Waals surface area contributed by atoms with E-state index in [1.165, 1.54) is 0 Å². The van der Waals surface area contributed by atoms with Crippen molar-refractivity contribution >= 4 is 23.6 Å². The summed E-state index contributed by atoms with van der Waals surface area (Å²) < 4.78 is 0. The summed E-state index contributed by atoms with van der Waals surface area (Å²) in [6, 6.07) is 0. The van der Waals surface area contributed by atoms with E-state index in [0.717, 1.165) is 25.9 Å². The normalized spacial score (nSPS) is 22.3. The van der Waals surface area contributed by atoms with Crippen LogP contribution in [0, 0.1) is 12.3 Å². The summed E-state index contributed by atoms with van der Waals surface area (Å²) in [5.74, 6) is 3.27. The van der Waals surface area contributed by atoms with Gasteiger partial charge in [0.05, 0.1) is 10.6 Å². The highest BCUT2D eigenvalue weighted by atomic mass is 32.2. The third-order valence-electron chi connectivity index (χ3n) is 3.25. The van der Waals surface area contributed by atoms with Crippen LogP contribution in [0.2, 0.25) is 0 Å². The summed E-state index contributed by atoms with van der Waals surface area (Å²) in [6.07, 6.45) is 7.76. The number of thioether (sulfide) groups is 1. The van der Waals surface area contributed by atoms with Gasteiger partial charge in [-0.2, -0.15) is 0 Å². The Bertz CT molecular complexity index is 367. The quantitative estimate of drug-likeness (QED) is 0.731. The number of likely N-dealkylation sites (tertiary alicyclic amines) is 1. The second-order valence-corrected chi connectivity index (χ2v) is 5.77. The van der Waals surface area contributed by atoms with Crippen LogP contribution in [0.5, 0.6) is 0 Å². The molecule has 0 radical (unpaired) electrons. The average molecular weight is 252 g/mol. The number of nitrogens with zero attached hydrogens (tertiary/aromatic N) is 1. The molecule has 5 heteroatoms. The van der Waals surface area contributed by atoms with Gasteiger partial charge in [-0.25, -0.2) is 0 Å². The van der Waals surface area contributed by atoms with Crippen molar-refractivity contribution in [1.82, 2.24) is 10.2 Å². The fraction of sp³-hybridized carbons (Fsp3) is 0.667. The first kappa shape index (κ1) is 12.3. The van der Waals surface area contributed by atoms with Gasteiger partial charge < -0.3 is 10.2 Å². The van der Waals surface area contributed by atoms with Gasteiger partial charge in [0.25, 0.3) is 0 Å². The Kier molecular flexibility index (Phi) is 3.63. The molecule has 0 saturated carbocycles. The molecule has 2 heterocycles. The SMILES string of the molecule is C#CCCC(=O)N1CCC2(CC1)NC(=O)CS2. The zero-order valence-electron chi connectivity index (χ0n) is 9.70. The van der Waals surface area contributed by atoms with Crippen molar-refractivity contribution in [3.8, 4) is 12.3 Å². The van der Waals surface area contributed by atoms with Gasteiger partial charge in [0.2, 0.25) is 11.8 Å². The molecular weight excluding hydrogens is 236 g/mol. The van der Waals surface area contributed by atoms with E-state index in [2.05, 4.69) is 11.2 Å². The van der Waals surface area contributed by atoms with Crippen molar-refractivity contribution in [1.29, 1.82) is 0 Å². The number of terminal acetylenes is 1. The lowest BCUT2D eigenvalue weighted by molar-refractivity contribution is -0.132. The minimum atomic E-state index is -0.111. The molecule has 0 aromatic heterocycles. The Morgan fingerprint density at radius 1 is 1.53 bits per heavy atom. The Morgan fingerprint density at radius 2 is 2.24 bits per heavy atom. The molecule has 1 N–H and O–H groups in total. The number of carbonyl (C=O) groups excluding carboxylic acids is 2. The van der Waals surface area contributed by atoms with Crippen LogP contribution in [0.25, 0.3) is 0 Å². The molecule has 0 aromatic carbocycles. The van der Waals surface area contributed by atoms with Crippen LogP contribution in [-0.4, -0.2) is 40.4 Å². The van der Waals surface area contributed by atoms with Crippen molar-refractivity contribution in [2.45, 2.75) is 30.6 Å². The third-order valence-corrected chi connectivity index (χ3v) is 4.72. The minimum Gasteiger partial charge on any atom is -0.342 e. The number of amides is 2. The van der Waals surface area contributed by atoms with Crippen molar-refractivity contribution in [2.24, 2.45) is 0 Å². The van der Waals surface area contributed by atoms with Gasteiger partial charge in [0.15, 0.2) is 0 Å².